The van der Waals surface area contributed by atoms with Crippen molar-refractivity contribution in [3.63, 3.8) is 0 Å². The van der Waals surface area contributed by atoms with Crippen LogP contribution in [0.1, 0.15) is 25.1 Å². The minimum Gasteiger partial charge on any atom is -0.497 e. The van der Waals surface area contributed by atoms with Crippen molar-refractivity contribution < 1.29 is 18.3 Å². The number of nitrogens with one attached hydrogen (secondary N) is 1. The molecule has 210 valence electrons. The molecule has 11 heteroatoms. The average molecular weight is 550 g/mol. The van der Waals surface area contributed by atoms with E-state index in [4.69, 9.17) is 19.4 Å². The van der Waals surface area contributed by atoms with Gasteiger partial charge in [-0.05, 0) is 55.2 Å². The maximum absolute atomic E-state index is 14.1. The largest absolute Gasteiger partial charge is 0.497 e. The van der Waals surface area contributed by atoms with Crippen LogP contribution >= 0.6 is 0 Å². The van der Waals surface area contributed by atoms with Crippen molar-refractivity contribution in [1.82, 2.24) is 19.5 Å². The molecule has 4 aromatic rings. The summed E-state index contributed by atoms with van der Waals surface area (Å²) in [6, 6.07) is 17.1. The highest BCUT2D eigenvalue weighted by atomic mass is 19.3. The molecule has 4 heterocycles. The lowest BCUT2D eigenvalue weighted by atomic mass is 9.96. The first kappa shape index (κ1) is 26.2. The SMILES string of the molecule is COc1ccc(N2CCC(CNc3nc(N4CCOCC4)cc(-n4c(C(F)F)nc5ccccc54)n3)CC2)cc1. The van der Waals surface area contributed by atoms with Gasteiger partial charge in [-0.3, -0.25) is 4.57 Å². The highest BCUT2D eigenvalue weighted by Gasteiger charge is 2.24. The van der Waals surface area contributed by atoms with Gasteiger partial charge in [0.25, 0.3) is 6.43 Å². The van der Waals surface area contributed by atoms with Gasteiger partial charge in [0.1, 0.15) is 17.4 Å². The minimum atomic E-state index is -2.75. The van der Waals surface area contributed by atoms with Gasteiger partial charge in [0.05, 0.1) is 31.4 Å². The number of ether oxygens (including phenoxy) is 2. The molecule has 2 aromatic carbocycles. The lowest BCUT2D eigenvalue weighted by molar-refractivity contribution is 0.122. The van der Waals surface area contributed by atoms with Gasteiger partial charge in [0.2, 0.25) is 5.95 Å². The Hall–Kier alpha value is -3.99. The molecule has 2 saturated heterocycles. The minimum absolute atomic E-state index is 0.329. The number of rotatable bonds is 8. The number of hydrogen-bond donors (Lipinski definition) is 1. The molecule has 0 amide bonds. The van der Waals surface area contributed by atoms with Crippen LogP contribution in [0.2, 0.25) is 0 Å². The Kier molecular flexibility index (Phi) is 7.63. The van der Waals surface area contributed by atoms with Crippen LogP contribution in [0.4, 0.5) is 26.2 Å². The van der Waals surface area contributed by atoms with Crippen LogP contribution < -0.4 is 19.9 Å². The van der Waals surface area contributed by atoms with Crippen LogP contribution in [0.25, 0.3) is 16.9 Å². The average Bonchev–Trinajstić information content (AvgIpc) is 3.41. The quantitative estimate of drug-likeness (QED) is 0.332. The van der Waals surface area contributed by atoms with Gasteiger partial charge in [-0.1, -0.05) is 12.1 Å². The van der Waals surface area contributed by atoms with Crippen LogP contribution in [0.3, 0.4) is 0 Å². The number of benzene rings is 2. The summed E-state index contributed by atoms with van der Waals surface area (Å²) < 4.78 is 40.5. The molecular weight excluding hydrogens is 516 g/mol. The van der Waals surface area contributed by atoms with E-state index in [1.54, 1.807) is 31.4 Å². The molecule has 6 rings (SSSR count). The van der Waals surface area contributed by atoms with Crippen molar-refractivity contribution in [1.29, 1.82) is 0 Å². The van der Waals surface area contributed by atoms with Gasteiger partial charge < -0.3 is 24.6 Å². The van der Waals surface area contributed by atoms with Gasteiger partial charge in [-0.2, -0.15) is 9.97 Å². The lowest BCUT2D eigenvalue weighted by Gasteiger charge is -2.34. The van der Waals surface area contributed by atoms with Crippen LogP contribution in [-0.4, -0.2) is 72.6 Å². The molecule has 1 N–H and O–H groups in total. The summed E-state index contributed by atoms with van der Waals surface area (Å²) in [7, 11) is 1.67. The molecule has 2 fully saturated rings. The molecule has 2 aliphatic heterocycles. The number of aromatic nitrogens is 4. The zero-order valence-corrected chi connectivity index (χ0v) is 22.5. The predicted octanol–water partition coefficient (Wildman–Crippen LogP) is 4.93. The molecule has 0 unspecified atom stereocenters. The summed E-state index contributed by atoms with van der Waals surface area (Å²) in [6.07, 6.45) is -0.700. The van der Waals surface area contributed by atoms with E-state index < -0.39 is 6.43 Å². The smallest absolute Gasteiger partial charge is 0.296 e. The summed E-state index contributed by atoms with van der Waals surface area (Å²) >= 11 is 0. The highest BCUT2D eigenvalue weighted by molar-refractivity contribution is 5.78. The number of anilines is 3. The Bertz CT molecular complexity index is 1430. The third kappa shape index (κ3) is 5.51. The predicted molar refractivity (Wildman–Crippen MR) is 151 cm³/mol. The summed E-state index contributed by atoms with van der Waals surface area (Å²) in [5.41, 5.74) is 2.28. The Balaban J connectivity index is 1.22. The molecule has 9 nitrogen and oxygen atoms in total. The molecular formula is C29H33F2N7O2. The number of nitrogens with zero attached hydrogens (tertiary/aromatic N) is 6. The van der Waals surface area contributed by atoms with Gasteiger partial charge >= 0.3 is 0 Å². The van der Waals surface area contributed by atoms with E-state index >= 15 is 0 Å². The van der Waals surface area contributed by atoms with Crippen molar-refractivity contribution in [3.05, 3.63) is 60.4 Å². The fraction of sp³-hybridized carbons (Fsp3) is 0.414. The Morgan fingerprint density at radius 3 is 2.38 bits per heavy atom. The topological polar surface area (TPSA) is 80.6 Å². The van der Waals surface area contributed by atoms with E-state index in [9.17, 15) is 8.78 Å². The fourth-order valence-corrected chi connectivity index (χ4v) is 5.43. The normalized spacial score (nSPS) is 16.6. The van der Waals surface area contributed by atoms with E-state index in [2.05, 4.69) is 32.2 Å². The first-order valence-corrected chi connectivity index (χ1v) is 13.7. The molecule has 2 aliphatic rings. The Labute approximate surface area is 231 Å². The number of fused-ring (bicyclic) bond motifs is 1. The maximum atomic E-state index is 14.1. The highest BCUT2D eigenvalue weighted by Crippen LogP contribution is 2.30. The summed E-state index contributed by atoms with van der Waals surface area (Å²) in [5, 5.41) is 3.43. The zero-order valence-electron chi connectivity index (χ0n) is 22.5. The number of imidazole rings is 1. The summed E-state index contributed by atoms with van der Waals surface area (Å²) in [4.78, 5) is 18.2. The molecule has 0 saturated carbocycles. The Morgan fingerprint density at radius 1 is 0.925 bits per heavy atom. The number of halogens is 2. The lowest BCUT2D eigenvalue weighted by Crippen LogP contribution is -2.37. The number of hydrogen-bond acceptors (Lipinski definition) is 8. The van der Waals surface area contributed by atoms with Gasteiger partial charge in [-0.25, -0.2) is 13.8 Å². The number of para-hydroxylation sites is 2. The van der Waals surface area contributed by atoms with Crippen molar-refractivity contribution in [2.45, 2.75) is 19.3 Å². The van der Waals surface area contributed by atoms with Gasteiger partial charge in [-0.15, -0.1) is 0 Å². The van der Waals surface area contributed by atoms with Crippen LogP contribution in [0, 0.1) is 5.92 Å². The van der Waals surface area contributed by atoms with E-state index in [-0.39, 0.29) is 5.82 Å². The molecule has 0 aliphatic carbocycles. The second-order valence-electron chi connectivity index (χ2n) is 10.1. The van der Waals surface area contributed by atoms with Crippen molar-refractivity contribution in [3.8, 4) is 11.6 Å². The second-order valence-corrected chi connectivity index (χ2v) is 10.1. The molecule has 0 radical (unpaired) electrons. The van der Waals surface area contributed by atoms with E-state index in [0.717, 1.165) is 31.7 Å². The van der Waals surface area contributed by atoms with Crippen molar-refractivity contribution in [2.75, 3.05) is 68.2 Å². The van der Waals surface area contributed by atoms with E-state index in [0.29, 0.717) is 67.4 Å². The van der Waals surface area contributed by atoms with Crippen LogP contribution in [0.15, 0.2) is 54.6 Å². The molecule has 0 bridgehead atoms. The second kappa shape index (κ2) is 11.6. The third-order valence-electron chi connectivity index (χ3n) is 7.65. The van der Waals surface area contributed by atoms with Gasteiger partial charge in [0, 0.05) is 44.5 Å². The van der Waals surface area contributed by atoms with Crippen molar-refractivity contribution >= 4 is 28.5 Å². The van der Waals surface area contributed by atoms with Crippen LogP contribution in [0.5, 0.6) is 5.75 Å². The fourth-order valence-electron chi connectivity index (χ4n) is 5.43. The molecule has 0 spiro atoms. The van der Waals surface area contributed by atoms with E-state index in [1.807, 2.05) is 18.2 Å². The number of morpholine rings is 1. The van der Waals surface area contributed by atoms with Gasteiger partial charge in [0.15, 0.2) is 5.82 Å². The third-order valence-corrected chi connectivity index (χ3v) is 7.65. The maximum Gasteiger partial charge on any atom is 0.296 e. The van der Waals surface area contributed by atoms with E-state index in [1.165, 1.54) is 10.3 Å². The Morgan fingerprint density at radius 2 is 1.65 bits per heavy atom. The number of alkyl halides is 2. The van der Waals surface area contributed by atoms with Crippen LogP contribution in [-0.2, 0) is 4.74 Å². The molecule has 2 aromatic heterocycles. The zero-order chi connectivity index (χ0) is 27.5. The first-order chi connectivity index (χ1) is 19.6. The summed E-state index contributed by atoms with van der Waals surface area (Å²) in [5.74, 6) is 2.45. The first-order valence-electron chi connectivity index (χ1n) is 13.7. The standard InChI is InChI=1S/C29H33F2N7O2/c1-39-22-8-6-21(7-9-22)36-12-10-20(11-13-36)19-32-29-34-25(37-14-16-40-17-15-37)18-26(35-29)38-24-5-3-2-4-23(24)33-28(38)27(30)31/h2-9,18,20,27H,10-17,19H2,1H3,(H,32,34,35). The summed E-state index contributed by atoms with van der Waals surface area (Å²) in [6.45, 7) is 5.14. The number of piperidine rings is 1. The monoisotopic (exact) mass is 549 g/mol. The number of methoxy groups -OCH3 is 1. The molecule has 40 heavy (non-hydrogen) atoms. The van der Waals surface area contributed by atoms with Crippen molar-refractivity contribution in [2.24, 2.45) is 5.92 Å². The molecule has 0 atom stereocenters.